The Morgan fingerprint density at radius 2 is 1.13 bits per heavy atom. The molecular weight excluding hydrogens is 1030 g/mol. The van der Waals surface area contributed by atoms with E-state index in [2.05, 4.69) is 113 Å². The minimum atomic E-state index is -4.42. The van der Waals surface area contributed by atoms with Crippen LogP contribution in [0.3, 0.4) is 0 Å². The van der Waals surface area contributed by atoms with Gasteiger partial charge in [-0.05, 0) is 73.2 Å². The van der Waals surface area contributed by atoms with Crippen LogP contribution >= 0.6 is 15.9 Å². The third-order valence-corrected chi connectivity index (χ3v) is 14.1. The molecule has 4 aromatic heterocycles. The number of fused-ring (bicyclic) bond motifs is 8. The highest BCUT2D eigenvalue weighted by atomic mass is 79.9. The van der Waals surface area contributed by atoms with Crippen molar-refractivity contribution in [3.63, 3.8) is 0 Å². The second-order valence-electron chi connectivity index (χ2n) is 19.9. The Kier molecular flexibility index (Phi) is 17.1. The monoisotopic (exact) mass is 1080 g/mol. The summed E-state index contributed by atoms with van der Waals surface area (Å²) >= 11 is 3.33. The number of ketones is 2. The largest absolute Gasteiger partial charge is 0.389 e. The second kappa shape index (κ2) is 22.2. The molecule has 2 saturated heterocycles. The SMILES string of the molecule is C#C[Si](C)(C)C.C[Si](C)(C)C#Cc1ccnc(NC(=O)C2c3nc(C(=O)CCC(F)(F)F)ccc3N3CC[C@H]2C3)c1.O=C(CCC(F)(F)F)c1ccc2c(n1)C(C(=O)Nc1cc(Br)ccn1)[C@H]1CCN2C1. The van der Waals surface area contributed by atoms with Crippen LogP contribution in [0.15, 0.2) is 65.4 Å². The first kappa shape index (κ1) is 54.4. The van der Waals surface area contributed by atoms with E-state index in [1.807, 2.05) is 0 Å². The summed E-state index contributed by atoms with van der Waals surface area (Å²) in [5.74, 6) is 0.714. The lowest BCUT2D eigenvalue weighted by molar-refractivity contribution is -0.134. The van der Waals surface area contributed by atoms with E-state index in [4.69, 9.17) is 6.42 Å². The number of alkyl halides is 6. The fourth-order valence-electron chi connectivity index (χ4n) is 8.40. The van der Waals surface area contributed by atoms with Crippen LogP contribution in [-0.4, -0.2) is 98.0 Å². The molecule has 0 radical (unpaired) electrons. The first-order chi connectivity index (χ1) is 33.2. The number of aromatic nitrogens is 4. The van der Waals surface area contributed by atoms with Crippen LogP contribution in [0.4, 0.5) is 49.4 Å². The molecule has 376 valence electrons. The number of carbonyl (C=O) groups is 4. The quantitative estimate of drug-likeness (QED) is 0.0680. The van der Waals surface area contributed by atoms with Crippen molar-refractivity contribution < 1.29 is 45.5 Å². The van der Waals surface area contributed by atoms with Crippen LogP contribution in [0.5, 0.6) is 0 Å². The van der Waals surface area contributed by atoms with Crippen molar-refractivity contribution in [1.82, 2.24) is 19.9 Å². The number of halogens is 7. The van der Waals surface area contributed by atoms with Crippen molar-refractivity contribution >= 4 is 78.5 Å². The summed E-state index contributed by atoms with van der Waals surface area (Å²) in [6.07, 6.45) is -2.73. The zero-order chi connectivity index (χ0) is 52.1. The van der Waals surface area contributed by atoms with Gasteiger partial charge in [-0.3, -0.25) is 19.2 Å². The van der Waals surface area contributed by atoms with E-state index in [0.29, 0.717) is 36.1 Å². The summed E-state index contributed by atoms with van der Waals surface area (Å²) in [4.78, 5) is 72.5. The number of hydrogen-bond donors (Lipinski definition) is 2. The lowest BCUT2D eigenvalue weighted by atomic mass is 9.84. The van der Waals surface area contributed by atoms with E-state index in [1.165, 1.54) is 12.1 Å². The van der Waals surface area contributed by atoms with Gasteiger partial charge in [-0.2, -0.15) is 26.3 Å². The van der Waals surface area contributed by atoms with Gasteiger partial charge in [-0.25, -0.2) is 19.9 Å². The van der Waals surface area contributed by atoms with Gasteiger partial charge in [0.2, 0.25) is 11.8 Å². The minimum Gasteiger partial charge on any atom is -0.370 e. The third-order valence-electron chi connectivity index (χ3n) is 11.9. The highest BCUT2D eigenvalue weighted by molar-refractivity contribution is 9.10. The van der Waals surface area contributed by atoms with Crippen molar-refractivity contribution in [1.29, 1.82) is 0 Å². The predicted octanol–water partition coefficient (Wildman–Crippen LogP) is 10.6. The van der Waals surface area contributed by atoms with Crippen LogP contribution in [0.25, 0.3) is 0 Å². The van der Waals surface area contributed by atoms with E-state index in [1.54, 1.807) is 48.8 Å². The maximum atomic E-state index is 13.4. The molecule has 2 unspecified atom stereocenters. The van der Waals surface area contributed by atoms with Gasteiger partial charge in [-0.1, -0.05) is 61.1 Å². The molecule has 2 N–H and O–H groups in total. The summed E-state index contributed by atoms with van der Waals surface area (Å²) < 4.78 is 75.9. The highest BCUT2D eigenvalue weighted by Gasteiger charge is 2.45. The van der Waals surface area contributed by atoms with Crippen molar-refractivity contribution in [3.8, 4) is 23.4 Å². The number of rotatable bonds is 10. The molecule has 0 aromatic carbocycles. The second-order valence-corrected chi connectivity index (χ2v) is 30.3. The summed E-state index contributed by atoms with van der Waals surface area (Å²) in [7, 11) is -2.67. The first-order valence-corrected chi connectivity index (χ1v) is 30.9. The van der Waals surface area contributed by atoms with E-state index < -0.39 is 77.6 Å². The molecule has 4 bridgehead atoms. The van der Waals surface area contributed by atoms with Gasteiger partial charge in [0.05, 0.1) is 47.4 Å². The summed E-state index contributed by atoms with van der Waals surface area (Å²) in [6, 6.07) is 13.2. The Morgan fingerprint density at radius 3 is 1.54 bits per heavy atom. The third kappa shape index (κ3) is 15.3. The number of carbonyl (C=O) groups excluding carboxylic acids is 4. The molecule has 71 heavy (non-hydrogen) atoms. The number of nitrogens with zero attached hydrogens (tertiary/aromatic N) is 6. The lowest BCUT2D eigenvalue weighted by Gasteiger charge is -2.32. The molecule has 4 aliphatic rings. The Bertz CT molecular complexity index is 2760. The molecule has 2 amide bonds. The lowest BCUT2D eigenvalue weighted by Crippen LogP contribution is -2.36. The maximum absolute atomic E-state index is 13.4. The van der Waals surface area contributed by atoms with Crippen LogP contribution in [-0.2, 0) is 9.59 Å². The average molecular weight is 1080 g/mol. The Labute approximate surface area is 419 Å². The Morgan fingerprint density at radius 1 is 0.690 bits per heavy atom. The standard InChI is InChI=1S/C25H27F3N4O2Si.C20H18BrF3N4O2.C5H10Si/c1-35(2,3)13-9-16-7-11-29-21(14-16)31-24(34)22-17-8-12-32(15-17)19-5-4-18(30-23(19)22)20(33)6-10-25(26,27)28;21-12-4-7-25-16(9-12)27-19(30)17-11-5-8-28(10-11)14-2-1-13(26-18(14)17)15(29)3-6-20(22,23)24;1-5-6(2,3)4/h4-5,7,11,14,17,22H,6,8,10,12,15H2,1-3H3,(H,29,31,34);1-2,4,7,9,11,17H,3,5-6,8,10H2,(H,25,27,30);1H,2-4H3/t17-,22?;11-,17?;/m00./s1. The van der Waals surface area contributed by atoms with Gasteiger partial charge in [0.25, 0.3) is 0 Å². The van der Waals surface area contributed by atoms with Gasteiger partial charge < -0.3 is 20.4 Å². The number of pyridine rings is 4. The van der Waals surface area contributed by atoms with Crippen LogP contribution in [0.2, 0.25) is 39.3 Å². The molecule has 4 aliphatic heterocycles. The summed E-state index contributed by atoms with van der Waals surface area (Å²) in [5.41, 5.74) is 9.06. The molecule has 8 rings (SSSR count). The number of Topliss-reactive ketones (excluding diaryl/α,β-unsaturated/α-hetero) is 2. The van der Waals surface area contributed by atoms with Gasteiger partial charge in [0, 0.05) is 61.5 Å². The maximum Gasteiger partial charge on any atom is 0.389 e. The first-order valence-electron chi connectivity index (χ1n) is 23.1. The molecular formula is C50H55BrF6N8O4Si2. The Balaban J connectivity index is 0.000000210. The molecule has 12 nitrogen and oxygen atoms in total. The number of terminal acetylenes is 1. The van der Waals surface area contributed by atoms with Gasteiger partial charge in [-0.15, -0.1) is 17.5 Å². The topological polar surface area (TPSA) is 150 Å². The zero-order valence-electron chi connectivity index (χ0n) is 40.2. The van der Waals surface area contributed by atoms with Crippen molar-refractivity contribution in [3.05, 3.63) is 93.7 Å². The van der Waals surface area contributed by atoms with Crippen molar-refractivity contribution in [2.45, 2.75) is 102 Å². The average Bonchev–Trinajstić information content (AvgIpc) is 3.91. The zero-order valence-corrected chi connectivity index (χ0v) is 43.8. The van der Waals surface area contributed by atoms with Gasteiger partial charge in [0.15, 0.2) is 11.6 Å². The van der Waals surface area contributed by atoms with E-state index in [-0.39, 0.29) is 35.0 Å². The van der Waals surface area contributed by atoms with Crippen LogP contribution in [0, 0.1) is 35.3 Å². The van der Waals surface area contributed by atoms with Gasteiger partial charge >= 0.3 is 12.4 Å². The number of nitrogens with one attached hydrogen (secondary N) is 2. The number of anilines is 4. The Hall–Kier alpha value is -5.91. The molecule has 0 saturated carbocycles. The molecule has 4 aromatic rings. The molecule has 21 heteroatoms. The normalized spacial score (nSPS) is 18.7. The highest BCUT2D eigenvalue weighted by Crippen LogP contribution is 2.45. The van der Waals surface area contributed by atoms with E-state index in [0.717, 1.165) is 47.3 Å². The van der Waals surface area contributed by atoms with Crippen LogP contribution in [0.1, 0.15) is 88.3 Å². The molecule has 8 heterocycles. The molecule has 0 aliphatic carbocycles. The number of amides is 2. The molecule has 2 fully saturated rings. The number of hydrogen-bond acceptors (Lipinski definition) is 10. The molecule has 0 spiro atoms. The van der Waals surface area contributed by atoms with Crippen molar-refractivity contribution in [2.24, 2.45) is 11.8 Å². The van der Waals surface area contributed by atoms with Crippen molar-refractivity contribution in [2.75, 3.05) is 46.6 Å². The predicted molar refractivity (Wildman–Crippen MR) is 270 cm³/mol. The van der Waals surface area contributed by atoms with Gasteiger partial charge in [0.1, 0.15) is 39.2 Å². The summed E-state index contributed by atoms with van der Waals surface area (Å²) in [6.45, 7) is 15.8. The molecule has 4 atom stereocenters. The fraction of sp³-hybridized carbons (Fsp3) is 0.440. The fourth-order valence-corrected chi connectivity index (χ4v) is 9.26. The van der Waals surface area contributed by atoms with Crippen LogP contribution < -0.4 is 20.4 Å². The van der Waals surface area contributed by atoms with E-state index in [9.17, 15) is 45.5 Å². The van der Waals surface area contributed by atoms with E-state index >= 15 is 0 Å². The summed E-state index contributed by atoms with van der Waals surface area (Å²) in [5, 5.41) is 5.67. The minimum absolute atomic E-state index is 0.00890. The smallest absolute Gasteiger partial charge is 0.370 e.